The van der Waals surface area contributed by atoms with Gasteiger partial charge in [-0.25, -0.2) is 0 Å². The highest BCUT2D eigenvalue weighted by molar-refractivity contribution is 5.93. The van der Waals surface area contributed by atoms with Crippen molar-refractivity contribution in [2.45, 2.75) is 13.8 Å². The predicted molar refractivity (Wildman–Crippen MR) is 58.9 cm³/mol. The maximum atomic E-state index is 11.6. The van der Waals surface area contributed by atoms with Crippen LogP contribution in [0.5, 0.6) is 0 Å². The van der Waals surface area contributed by atoms with E-state index in [1.165, 1.54) is 0 Å². The normalized spacial score (nSPS) is 10.7. The van der Waals surface area contributed by atoms with Crippen molar-refractivity contribution in [3.8, 4) is 11.5 Å². The van der Waals surface area contributed by atoms with Crippen LogP contribution in [0.3, 0.4) is 0 Å². The molecule has 0 saturated carbocycles. The highest BCUT2D eigenvalue weighted by atomic mass is 16.4. The SMILES string of the molecule is CC(C)C(=O)c1nnc(-c2ccccc2)o1. The molecule has 16 heavy (non-hydrogen) atoms. The van der Waals surface area contributed by atoms with E-state index >= 15 is 0 Å². The number of hydrogen-bond donors (Lipinski definition) is 0. The van der Waals surface area contributed by atoms with Gasteiger partial charge in [-0.1, -0.05) is 32.0 Å². The number of Topliss-reactive ketones (excluding diaryl/α,β-unsaturated/α-hetero) is 1. The molecule has 0 N–H and O–H groups in total. The minimum atomic E-state index is -0.135. The van der Waals surface area contributed by atoms with E-state index in [2.05, 4.69) is 10.2 Å². The lowest BCUT2D eigenvalue weighted by Crippen LogP contribution is -2.07. The second-order valence-electron chi connectivity index (χ2n) is 3.80. The molecule has 0 spiro atoms. The molecule has 0 fully saturated rings. The third-order valence-electron chi connectivity index (χ3n) is 2.18. The summed E-state index contributed by atoms with van der Waals surface area (Å²) in [5.74, 6) is 0.192. The van der Waals surface area contributed by atoms with Gasteiger partial charge in [-0.3, -0.25) is 4.79 Å². The Balaban J connectivity index is 2.30. The van der Waals surface area contributed by atoms with Crippen LogP contribution in [0.4, 0.5) is 0 Å². The van der Waals surface area contributed by atoms with Crippen molar-refractivity contribution in [3.05, 3.63) is 36.2 Å². The molecular formula is C12H12N2O2. The molecule has 1 aromatic heterocycles. The first-order valence-electron chi connectivity index (χ1n) is 5.11. The summed E-state index contributed by atoms with van der Waals surface area (Å²) in [4.78, 5) is 11.6. The quantitative estimate of drug-likeness (QED) is 0.740. The zero-order valence-electron chi connectivity index (χ0n) is 9.18. The fraction of sp³-hybridized carbons (Fsp3) is 0.250. The summed E-state index contributed by atoms with van der Waals surface area (Å²) < 4.78 is 5.32. The van der Waals surface area contributed by atoms with Crippen molar-refractivity contribution < 1.29 is 9.21 Å². The minimum Gasteiger partial charge on any atom is -0.414 e. The van der Waals surface area contributed by atoms with E-state index in [-0.39, 0.29) is 17.6 Å². The molecule has 0 atom stereocenters. The molecule has 0 aliphatic rings. The highest BCUT2D eigenvalue weighted by Gasteiger charge is 2.18. The molecule has 4 heteroatoms. The Morgan fingerprint density at radius 2 is 1.88 bits per heavy atom. The molecule has 2 rings (SSSR count). The Kier molecular flexibility index (Phi) is 2.81. The van der Waals surface area contributed by atoms with Gasteiger partial charge >= 0.3 is 0 Å². The molecule has 0 amide bonds. The minimum absolute atomic E-state index is 0.0776. The molecule has 0 radical (unpaired) electrons. The molecular weight excluding hydrogens is 204 g/mol. The van der Waals surface area contributed by atoms with Crippen molar-refractivity contribution in [1.29, 1.82) is 0 Å². The molecule has 0 bridgehead atoms. The van der Waals surface area contributed by atoms with E-state index in [4.69, 9.17) is 4.42 Å². The maximum Gasteiger partial charge on any atom is 0.284 e. The lowest BCUT2D eigenvalue weighted by molar-refractivity contribution is 0.0905. The fourth-order valence-corrected chi connectivity index (χ4v) is 1.27. The number of carbonyl (C=O) groups is 1. The van der Waals surface area contributed by atoms with E-state index < -0.39 is 0 Å². The summed E-state index contributed by atoms with van der Waals surface area (Å²) in [5.41, 5.74) is 0.817. The molecule has 0 saturated heterocycles. The van der Waals surface area contributed by atoms with Crippen LogP contribution in [0.2, 0.25) is 0 Å². The smallest absolute Gasteiger partial charge is 0.284 e. The summed E-state index contributed by atoms with van der Waals surface area (Å²) in [7, 11) is 0. The summed E-state index contributed by atoms with van der Waals surface area (Å²) in [6.07, 6.45) is 0. The molecule has 1 heterocycles. The lowest BCUT2D eigenvalue weighted by Gasteiger charge is -1.96. The van der Waals surface area contributed by atoms with E-state index in [0.29, 0.717) is 5.89 Å². The van der Waals surface area contributed by atoms with Crippen LogP contribution >= 0.6 is 0 Å². The first kappa shape index (κ1) is 10.5. The van der Waals surface area contributed by atoms with Gasteiger partial charge in [0, 0.05) is 11.5 Å². The van der Waals surface area contributed by atoms with Crippen molar-refractivity contribution >= 4 is 5.78 Å². The monoisotopic (exact) mass is 216 g/mol. The van der Waals surface area contributed by atoms with Gasteiger partial charge in [0.05, 0.1) is 0 Å². The van der Waals surface area contributed by atoms with Gasteiger partial charge in [0.2, 0.25) is 11.7 Å². The Labute approximate surface area is 93.3 Å². The molecule has 0 unspecified atom stereocenters. The van der Waals surface area contributed by atoms with Gasteiger partial charge in [0.15, 0.2) is 0 Å². The fourth-order valence-electron chi connectivity index (χ4n) is 1.27. The summed E-state index contributed by atoms with van der Waals surface area (Å²) in [6, 6.07) is 9.38. The maximum absolute atomic E-state index is 11.6. The molecule has 1 aromatic carbocycles. The second kappa shape index (κ2) is 4.26. The first-order valence-corrected chi connectivity index (χ1v) is 5.11. The zero-order valence-corrected chi connectivity index (χ0v) is 9.18. The van der Waals surface area contributed by atoms with Crippen LogP contribution in [0.15, 0.2) is 34.7 Å². The molecule has 0 aliphatic carbocycles. The van der Waals surface area contributed by atoms with Crippen LogP contribution in [0.25, 0.3) is 11.5 Å². The van der Waals surface area contributed by atoms with Gasteiger partial charge in [0.25, 0.3) is 5.89 Å². The Morgan fingerprint density at radius 1 is 1.19 bits per heavy atom. The number of aromatic nitrogens is 2. The number of carbonyl (C=O) groups excluding carboxylic acids is 1. The topological polar surface area (TPSA) is 56.0 Å². The van der Waals surface area contributed by atoms with Crippen molar-refractivity contribution in [3.63, 3.8) is 0 Å². The third-order valence-corrected chi connectivity index (χ3v) is 2.18. The summed E-state index contributed by atoms with van der Waals surface area (Å²) in [5, 5.41) is 7.60. The van der Waals surface area contributed by atoms with E-state index in [0.717, 1.165) is 5.56 Å². The summed E-state index contributed by atoms with van der Waals surface area (Å²) in [6.45, 7) is 3.60. The van der Waals surface area contributed by atoms with Crippen molar-refractivity contribution in [1.82, 2.24) is 10.2 Å². The second-order valence-corrected chi connectivity index (χ2v) is 3.80. The summed E-state index contributed by atoms with van der Waals surface area (Å²) >= 11 is 0. The van der Waals surface area contributed by atoms with Crippen LogP contribution in [0.1, 0.15) is 24.5 Å². The number of ketones is 1. The lowest BCUT2D eigenvalue weighted by atomic mass is 10.1. The number of benzene rings is 1. The standard InChI is InChI=1S/C12H12N2O2/c1-8(2)10(15)12-14-13-11(16-12)9-6-4-3-5-7-9/h3-8H,1-2H3. The van der Waals surface area contributed by atoms with Gasteiger partial charge in [-0.05, 0) is 12.1 Å². The predicted octanol–water partition coefficient (Wildman–Crippen LogP) is 2.58. The Bertz CT molecular complexity index is 489. The average Bonchev–Trinajstić information content (AvgIpc) is 2.78. The Hall–Kier alpha value is -1.97. The highest BCUT2D eigenvalue weighted by Crippen LogP contribution is 2.18. The third kappa shape index (κ3) is 2.00. The zero-order chi connectivity index (χ0) is 11.5. The van der Waals surface area contributed by atoms with E-state index in [9.17, 15) is 4.79 Å². The number of rotatable bonds is 3. The average molecular weight is 216 g/mol. The molecule has 4 nitrogen and oxygen atoms in total. The molecule has 82 valence electrons. The van der Waals surface area contributed by atoms with Crippen molar-refractivity contribution in [2.75, 3.05) is 0 Å². The van der Waals surface area contributed by atoms with Gasteiger partial charge in [0.1, 0.15) is 0 Å². The van der Waals surface area contributed by atoms with E-state index in [1.807, 2.05) is 30.3 Å². The van der Waals surface area contributed by atoms with Crippen LogP contribution in [-0.4, -0.2) is 16.0 Å². The van der Waals surface area contributed by atoms with Crippen LogP contribution < -0.4 is 0 Å². The van der Waals surface area contributed by atoms with Crippen LogP contribution in [-0.2, 0) is 0 Å². The van der Waals surface area contributed by atoms with Gasteiger partial charge in [-0.2, -0.15) is 0 Å². The molecule has 0 aliphatic heterocycles. The molecule has 2 aromatic rings. The van der Waals surface area contributed by atoms with Crippen LogP contribution in [0, 0.1) is 5.92 Å². The van der Waals surface area contributed by atoms with Gasteiger partial charge in [-0.15, -0.1) is 10.2 Å². The first-order chi connectivity index (χ1) is 7.68. The van der Waals surface area contributed by atoms with Crippen molar-refractivity contribution in [2.24, 2.45) is 5.92 Å². The van der Waals surface area contributed by atoms with E-state index in [1.54, 1.807) is 13.8 Å². The largest absolute Gasteiger partial charge is 0.414 e. The Morgan fingerprint density at radius 3 is 2.50 bits per heavy atom. The number of hydrogen-bond acceptors (Lipinski definition) is 4. The van der Waals surface area contributed by atoms with Gasteiger partial charge < -0.3 is 4.42 Å². The number of nitrogens with zero attached hydrogens (tertiary/aromatic N) is 2.